The van der Waals surface area contributed by atoms with Gasteiger partial charge in [-0.05, 0) is 61.6 Å². The molecule has 1 aliphatic rings. The predicted octanol–water partition coefficient (Wildman–Crippen LogP) is 3.76. The summed E-state index contributed by atoms with van der Waals surface area (Å²) in [5.74, 6) is -0.295. The molecule has 3 rings (SSSR count). The van der Waals surface area contributed by atoms with Gasteiger partial charge in [0.15, 0.2) is 5.94 Å². The van der Waals surface area contributed by atoms with E-state index in [9.17, 15) is 8.42 Å². The van der Waals surface area contributed by atoms with Gasteiger partial charge in [0.2, 0.25) is 9.84 Å². The molecule has 0 spiro atoms. The molecule has 0 aliphatic carbocycles. The van der Waals surface area contributed by atoms with Crippen LogP contribution in [0.5, 0.6) is 0 Å². The molecule has 2 aromatic carbocycles. The SMILES string of the molecule is COCS(=O)(=O)c1ccc(-c2ccc(CCN3CCC[C@H]3C)cc2)cc1. The van der Waals surface area contributed by atoms with E-state index in [0.717, 1.165) is 24.1 Å². The molecule has 1 atom stereocenters. The Bertz CT molecular complexity index is 813. The first-order chi connectivity index (χ1) is 12.5. The fourth-order valence-electron chi connectivity index (χ4n) is 3.54. The number of nitrogens with zero attached hydrogens (tertiary/aromatic N) is 1. The van der Waals surface area contributed by atoms with Crippen molar-refractivity contribution >= 4 is 9.84 Å². The van der Waals surface area contributed by atoms with E-state index in [1.54, 1.807) is 12.1 Å². The number of sulfone groups is 1. The summed E-state index contributed by atoms with van der Waals surface area (Å²) in [4.78, 5) is 2.85. The van der Waals surface area contributed by atoms with Crippen molar-refractivity contribution in [1.29, 1.82) is 0 Å². The standard InChI is InChI=1S/C21H27NO3S/c1-17-4-3-14-22(17)15-13-18-5-7-19(8-6-18)20-9-11-21(12-10-20)26(23,24)16-25-2/h5-12,17H,3-4,13-16H2,1-2H3/t17-/m1/s1. The molecule has 5 heteroatoms. The Morgan fingerprint density at radius 1 is 1.04 bits per heavy atom. The summed E-state index contributed by atoms with van der Waals surface area (Å²) < 4.78 is 28.8. The molecule has 140 valence electrons. The number of benzene rings is 2. The lowest BCUT2D eigenvalue weighted by Crippen LogP contribution is -2.28. The minimum atomic E-state index is -3.36. The topological polar surface area (TPSA) is 46.6 Å². The number of hydrogen-bond acceptors (Lipinski definition) is 4. The van der Waals surface area contributed by atoms with E-state index in [4.69, 9.17) is 4.74 Å². The van der Waals surface area contributed by atoms with Crippen LogP contribution in [-0.4, -0.2) is 45.5 Å². The lowest BCUT2D eigenvalue weighted by atomic mass is 10.0. The van der Waals surface area contributed by atoms with E-state index in [1.807, 2.05) is 12.1 Å². The third-order valence-corrected chi connectivity index (χ3v) is 6.69. The van der Waals surface area contributed by atoms with Crippen molar-refractivity contribution in [3.05, 3.63) is 54.1 Å². The maximum absolute atomic E-state index is 12.0. The van der Waals surface area contributed by atoms with Gasteiger partial charge in [0, 0.05) is 19.7 Å². The molecule has 4 nitrogen and oxygen atoms in total. The van der Waals surface area contributed by atoms with Crippen molar-refractivity contribution in [3.8, 4) is 11.1 Å². The summed E-state index contributed by atoms with van der Waals surface area (Å²) >= 11 is 0. The summed E-state index contributed by atoms with van der Waals surface area (Å²) in [6.07, 6.45) is 3.70. The molecule has 0 amide bonds. The number of ether oxygens (including phenoxy) is 1. The third-order valence-electron chi connectivity index (χ3n) is 5.15. The molecule has 0 N–H and O–H groups in total. The Labute approximate surface area is 156 Å². The van der Waals surface area contributed by atoms with Crippen LogP contribution in [0.1, 0.15) is 25.3 Å². The van der Waals surface area contributed by atoms with Crippen molar-refractivity contribution in [1.82, 2.24) is 4.90 Å². The first-order valence-corrected chi connectivity index (χ1v) is 10.8. The van der Waals surface area contributed by atoms with Crippen molar-refractivity contribution in [2.75, 3.05) is 26.1 Å². The predicted molar refractivity (Wildman–Crippen MR) is 105 cm³/mol. The Morgan fingerprint density at radius 3 is 2.19 bits per heavy atom. The normalized spacial score (nSPS) is 18.3. The van der Waals surface area contributed by atoms with Crippen molar-refractivity contribution in [2.45, 2.75) is 37.1 Å². The van der Waals surface area contributed by atoms with Crippen LogP contribution >= 0.6 is 0 Å². The number of hydrogen-bond donors (Lipinski definition) is 0. The van der Waals surface area contributed by atoms with Crippen LogP contribution in [0, 0.1) is 0 Å². The molecular weight excluding hydrogens is 346 g/mol. The lowest BCUT2D eigenvalue weighted by Gasteiger charge is -2.20. The largest absolute Gasteiger partial charge is 0.368 e. The maximum Gasteiger partial charge on any atom is 0.202 e. The zero-order valence-electron chi connectivity index (χ0n) is 15.5. The van der Waals surface area contributed by atoms with Crippen LogP contribution in [0.4, 0.5) is 0 Å². The highest BCUT2D eigenvalue weighted by molar-refractivity contribution is 7.91. The summed E-state index contributed by atoms with van der Waals surface area (Å²) in [6.45, 7) is 4.65. The van der Waals surface area contributed by atoms with E-state index >= 15 is 0 Å². The van der Waals surface area contributed by atoms with Crippen molar-refractivity contribution in [3.63, 3.8) is 0 Å². The Hall–Kier alpha value is -1.69. The lowest BCUT2D eigenvalue weighted by molar-refractivity contribution is 0.250. The Balaban J connectivity index is 1.64. The van der Waals surface area contributed by atoms with Gasteiger partial charge in [-0.3, -0.25) is 0 Å². The molecular formula is C21H27NO3S. The van der Waals surface area contributed by atoms with Crippen LogP contribution in [0.15, 0.2) is 53.4 Å². The number of methoxy groups -OCH3 is 1. The van der Waals surface area contributed by atoms with Gasteiger partial charge in [0.25, 0.3) is 0 Å². The van der Waals surface area contributed by atoms with Gasteiger partial charge < -0.3 is 9.64 Å². The van der Waals surface area contributed by atoms with Gasteiger partial charge in [0.05, 0.1) is 4.90 Å². The molecule has 0 radical (unpaired) electrons. The zero-order valence-corrected chi connectivity index (χ0v) is 16.3. The van der Waals surface area contributed by atoms with Gasteiger partial charge in [0.1, 0.15) is 0 Å². The van der Waals surface area contributed by atoms with E-state index in [0.29, 0.717) is 10.9 Å². The maximum atomic E-state index is 12.0. The highest BCUT2D eigenvalue weighted by Gasteiger charge is 2.19. The van der Waals surface area contributed by atoms with Crippen LogP contribution in [0.3, 0.4) is 0 Å². The second kappa shape index (κ2) is 8.33. The van der Waals surface area contributed by atoms with Crippen LogP contribution < -0.4 is 0 Å². The average Bonchev–Trinajstić information content (AvgIpc) is 3.05. The molecule has 1 aliphatic heterocycles. The van der Waals surface area contributed by atoms with E-state index in [1.165, 1.54) is 32.1 Å². The summed E-state index contributed by atoms with van der Waals surface area (Å²) in [7, 11) is -1.98. The second-order valence-electron chi connectivity index (χ2n) is 7.02. The summed E-state index contributed by atoms with van der Waals surface area (Å²) in [5.41, 5.74) is 3.45. The van der Waals surface area contributed by atoms with Gasteiger partial charge in [-0.2, -0.15) is 0 Å². The van der Waals surface area contributed by atoms with Crippen LogP contribution in [-0.2, 0) is 21.0 Å². The monoisotopic (exact) mass is 373 g/mol. The number of likely N-dealkylation sites (tertiary alicyclic amines) is 1. The smallest absolute Gasteiger partial charge is 0.202 e. The zero-order chi connectivity index (χ0) is 18.6. The van der Waals surface area contributed by atoms with E-state index in [2.05, 4.69) is 36.1 Å². The molecule has 2 aromatic rings. The third kappa shape index (κ3) is 4.53. The second-order valence-corrected chi connectivity index (χ2v) is 8.96. The fourth-order valence-corrected chi connectivity index (χ4v) is 4.54. The first kappa shape index (κ1) is 19.1. The van der Waals surface area contributed by atoms with Crippen LogP contribution in [0.2, 0.25) is 0 Å². The van der Waals surface area contributed by atoms with Crippen LogP contribution in [0.25, 0.3) is 11.1 Å². The van der Waals surface area contributed by atoms with E-state index in [-0.39, 0.29) is 5.94 Å². The molecule has 0 aromatic heterocycles. The molecule has 0 saturated carbocycles. The summed E-state index contributed by atoms with van der Waals surface area (Å²) in [6, 6.07) is 16.3. The molecule has 1 saturated heterocycles. The van der Waals surface area contributed by atoms with Gasteiger partial charge >= 0.3 is 0 Å². The van der Waals surface area contributed by atoms with Gasteiger partial charge in [-0.25, -0.2) is 8.42 Å². The van der Waals surface area contributed by atoms with E-state index < -0.39 is 9.84 Å². The molecule has 0 unspecified atom stereocenters. The fraction of sp³-hybridized carbons (Fsp3) is 0.429. The minimum absolute atomic E-state index is 0.291. The molecule has 1 fully saturated rings. The highest BCUT2D eigenvalue weighted by Crippen LogP contribution is 2.23. The average molecular weight is 374 g/mol. The first-order valence-electron chi connectivity index (χ1n) is 9.15. The summed E-state index contributed by atoms with van der Waals surface area (Å²) in [5, 5.41) is 0. The highest BCUT2D eigenvalue weighted by atomic mass is 32.2. The molecule has 1 heterocycles. The Kier molecular flexibility index (Phi) is 6.12. The van der Waals surface area contributed by atoms with Gasteiger partial charge in [-0.15, -0.1) is 0 Å². The molecule has 0 bridgehead atoms. The van der Waals surface area contributed by atoms with Gasteiger partial charge in [-0.1, -0.05) is 36.4 Å². The number of rotatable bonds is 7. The Morgan fingerprint density at radius 2 is 1.65 bits per heavy atom. The minimum Gasteiger partial charge on any atom is -0.368 e. The van der Waals surface area contributed by atoms with Crippen molar-refractivity contribution in [2.24, 2.45) is 0 Å². The van der Waals surface area contributed by atoms with Crippen molar-refractivity contribution < 1.29 is 13.2 Å². The quantitative estimate of drug-likeness (QED) is 0.741. The molecule has 26 heavy (non-hydrogen) atoms.